The minimum Gasteiger partial charge on any atom is -0.502 e. The molecule has 0 aliphatic rings. The van der Waals surface area contributed by atoms with Crippen LogP contribution in [-0.2, 0) is 0 Å². The number of hydrogen-bond acceptors (Lipinski definition) is 4. The number of nitrogens with zero attached hydrogens (tertiary/aromatic N) is 2. The lowest BCUT2D eigenvalue weighted by Gasteiger charge is -1.98. The SMILES string of the molecule is Cc1cccc(/N=C/c2ccc(O)c([N+](=O)[O-])c2)c1. The number of aliphatic imine (C=N–C) groups is 1. The predicted molar refractivity (Wildman–Crippen MR) is 73.2 cm³/mol. The van der Waals surface area contributed by atoms with Crippen LogP contribution < -0.4 is 0 Å². The number of aryl methyl sites for hydroxylation is 1. The van der Waals surface area contributed by atoms with E-state index >= 15 is 0 Å². The maximum Gasteiger partial charge on any atom is 0.311 e. The highest BCUT2D eigenvalue weighted by atomic mass is 16.6. The van der Waals surface area contributed by atoms with Gasteiger partial charge in [0.1, 0.15) is 0 Å². The first-order chi connectivity index (χ1) is 9.06. The number of hydrogen-bond donors (Lipinski definition) is 1. The summed E-state index contributed by atoms with van der Waals surface area (Å²) in [7, 11) is 0. The summed E-state index contributed by atoms with van der Waals surface area (Å²) >= 11 is 0. The standard InChI is InChI=1S/C14H12N2O3/c1-10-3-2-4-12(7-10)15-9-11-5-6-14(17)13(8-11)16(18)19/h2-9,17H,1H3/b15-9+. The van der Waals surface area contributed by atoms with E-state index in [0.29, 0.717) is 5.56 Å². The lowest BCUT2D eigenvalue weighted by molar-refractivity contribution is -0.385. The molecular formula is C14H12N2O3. The summed E-state index contributed by atoms with van der Waals surface area (Å²) in [6, 6.07) is 11.8. The molecule has 2 aromatic rings. The average Bonchev–Trinajstić information content (AvgIpc) is 2.37. The van der Waals surface area contributed by atoms with Gasteiger partial charge in [0.15, 0.2) is 5.75 Å². The number of nitro benzene ring substituents is 1. The van der Waals surface area contributed by atoms with Crippen molar-refractivity contribution in [2.75, 3.05) is 0 Å². The average molecular weight is 256 g/mol. The van der Waals surface area contributed by atoms with Crippen molar-refractivity contribution in [1.29, 1.82) is 0 Å². The van der Waals surface area contributed by atoms with E-state index in [0.717, 1.165) is 11.3 Å². The van der Waals surface area contributed by atoms with Crippen molar-refractivity contribution in [2.45, 2.75) is 6.92 Å². The topological polar surface area (TPSA) is 75.7 Å². The molecule has 2 aromatic carbocycles. The first kappa shape index (κ1) is 12.8. The van der Waals surface area contributed by atoms with Gasteiger partial charge in [-0.15, -0.1) is 0 Å². The van der Waals surface area contributed by atoms with Crippen molar-refractivity contribution in [3.63, 3.8) is 0 Å². The maximum atomic E-state index is 10.7. The lowest BCUT2D eigenvalue weighted by Crippen LogP contribution is -1.90. The molecule has 1 N–H and O–H groups in total. The highest BCUT2D eigenvalue weighted by Gasteiger charge is 2.12. The summed E-state index contributed by atoms with van der Waals surface area (Å²) in [6.07, 6.45) is 1.53. The summed E-state index contributed by atoms with van der Waals surface area (Å²) in [6.45, 7) is 1.96. The molecule has 19 heavy (non-hydrogen) atoms. The van der Waals surface area contributed by atoms with E-state index in [4.69, 9.17) is 0 Å². The number of phenols is 1. The zero-order chi connectivity index (χ0) is 13.8. The van der Waals surface area contributed by atoms with Gasteiger partial charge < -0.3 is 5.11 Å². The fourth-order valence-electron chi connectivity index (χ4n) is 1.62. The van der Waals surface area contributed by atoms with Gasteiger partial charge in [-0.25, -0.2) is 0 Å². The van der Waals surface area contributed by atoms with Gasteiger partial charge in [-0.1, -0.05) is 12.1 Å². The third-order valence-electron chi connectivity index (χ3n) is 2.56. The molecule has 0 aliphatic carbocycles. The number of phenolic OH excluding ortho intramolecular Hbond substituents is 1. The normalized spacial score (nSPS) is 10.8. The minimum absolute atomic E-state index is 0.326. The van der Waals surface area contributed by atoms with E-state index < -0.39 is 4.92 Å². The van der Waals surface area contributed by atoms with E-state index in [1.807, 2.05) is 31.2 Å². The predicted octanol–water partition coefficient (Wildman–Crippen LogP) is 3.36. The van der Waals surface area contributed by atoms with Crippen molar-refractivity contribution in [3.05, 3.63) is 63.7 Å². The zero-order valence-corrected chi connectivity index (χ0v) is 10.3. The van der Waals surface area contributed by atoms with Crippen LogP contribution in [0.5, 0.6) is 5.75 Å². The Morgan fingerprint density at radius 3 is 2.74 bits per heavy atom. The van der Waals surface area contributed by atoms with Crippen LogP contribution in [0.1, 0.15) is 11.1 Å². The van der Waals surface area contributed by atoms with Crippen LogP contribution in [0.15, 0.2) is 47.5 Å². The van der Waals surface area contributed by atoms with E-state index in [2.05, 4.69) is 4.99 Å². The second-order valence-electron chi connectivity index (χ2n) is 4.10. The molecule has 0 saturated carbocycles. The fraction of sp³-hybridized carbons (Fsp3) is 0.0714. The van der Waals surface area contributed by atoms with E-state index in [-0.39, 0.29) is 11.4 Å². The second kappa shape index (κ2) is 5.30. The van der Waals surface area contributed by atoms with Crippen LogP contribution in [-0.4, -0.2) is 16.2 Å². The Labute approximate surface area is 110 Å². The number of rotatable bonds is 3. The molecule has 0 saturated heterocycles. The second-order valence-corrected chi connectivity index (χ2v) is 4.10. The molecule has 0 bridgehead atoms. The zero-order valence-electron chi connectivity index (χ0n) is 10.3. The molecule has 5 nitrogen and oxygen atoms in total. The Hall–Kier alpha value is -2.69. The molecule has 0 unspecified atom stereocenters. The van der Waals surface area contributed by atoms with Crippen molar-refractivity contribution in [1.82, 2.24) is 0 Å². The summed E-state index contributed by atoms with van der Waals surface area (Å²) in [4.78, 5) is 14.3. The molecule has 0 spiro atoms. The first-order valence-corrected chi connectivity index (χ1v) is 5.64. The summed E-state index contributed by atoms with van der Waals surface area (Å²) < 4.78 is 0. The van der Waals surface area contributed by atoms with Crippen molar-refractivity contribution in [2.24, 2.45) is 4.99 Å². The van der Waals surface area contributed by atoms with Crippen LogP contribution in [0.2, 0.25) is 0 Å². The number of benzene rings is 2. The van der Waals surface area contributed by atoms with Gasteiger partial charge >= 0.3 is 5.69 Å². The molecule has 0 amide bonds. The Morgan fingerprint density at radius 2 is 2.05 bits per heavy atom. The quantitative estimate of drug-likeness (QED) is 0.519. The van der Waals surface area contributed by atoms with Gasteiger partial charge in [-0.2, -0.15) is 0 Å². The van der Waals surface area contributed by atoms with Crippen LogP contribution >= 0.6 is 0 Å². The van der Waals surface area contributed by atoms with Crippen molar-refractivity contribution < 1.29 is 10.0 Å². The molecule has 0 radical (unpaired) electrons. The minimum atomic E-state index is -0.626. The fourth-order valence-corrected chi connectivity index (χ4v) is 1.62. The van der Waals surface area contributed by atoms with Crippen LogP contribution in [0.3, 0.4) is 0 Å². The molecule has 0 atom stereocenters. The highest BCUT2D eigenvalue weighted by Crippen LogP contribution is 2.25. The monoisotopic (exact) mass is 256 g/mol. The Kier molecular flexibility index (Phi) is 3.56. The molecule has 0 heterocycles. The van der Waals surface area contributed by atoms with Gasteiger partial charge in [0.05, 0.1) is 10.6 Å². The molecule has 5 heteroatoms. The Balaban J connectivity index is 2.29. The largest absolute Gasteiger partial charge is 0.502 e. The Morgan fingerprint density at radius 1 is 1.26 bits per heavy atom. The van der Waals surface area contributed by atoms with Gasteiger partial charge in [-0.05, 0) is 42.3 Å². The maximum absolute atomic E-state index is 10.7. The van der Waals surface area contributed by atoms with Gasteiger partial charge in [0.25, 0.3) is 0 Å². The molecule has 0 aliphatic heterocycles. The lowest BCUT2D eigenvalue weighted by atomic mass is 10.2. The van der Waals surface area contributed by atoms with E-state index in [1.165, 1.54) is 18.3 Å². The molecule has 2 rings (SSSR count). The smallest absolute Gasteiger partial charge is 0.311 e. The van der Waals surface area contributed by atoms with Gasteiger partial charge in [0.2, 0.25) is 0 Å². The molecule has 96 valence electrons. The van der Waals surface area contributed by atoms with Crippen LogP contribution in [0.4, 0.5) is 11.4 Å². The Bertz CT molecular complexity index is 651. The number of aromatic hydroxyl groups is 1. The first-order valence-electron chi connectivity index (χ1n) is 5.64. The van der Waals surface area contributed by atoms with E-state index in [1.54, 1.807) is 6.07 Å². The van der Waals surface area contributed by atoms with Crippen molar-refractivity contribution >= 4 is 17.6 Å². The molecular weight excluding hydrogens is 244 g/mol. The molecule has 0 aromatic heterocycles. The van der Waals surface area contributed by atoms with Crippen LogP contribution in [0, 0.1) is 17.0 Å². The summed E-state index contributed by atoms with van der Waals surface area (Å²) in [5.41, 5.74) is 2.10. The van der Waals surface area contributed by atoms with Crippen LogP contribution in [0.25, 0.3) is 0 Å². The third-order valence-corrected chi connectivity index (χ3v) is 2.56. The molecule has 0 fully saturated rings. The third kappa shape index (κ3) is 3.16. The van der Waals surface area contributed by atoms with Gasteiger partial charge in [-0.3, -0.25) is 15.1 Å². The summed E-state index contributed by atoms with van der Waals surface area (Å²) in [5, 5.41) is 20.0. The van der Waals surface area contributed by atoms with Crippen molar-refractivity contribution in [3.8, 4) is 5.75 Å². The van der Waals surface area contributed by atoms with E-state index in [9.17, 15) is 15.2 Å². The number of nitro groups is 1. The highest BCUT2D eigenvalue weighted by molar-refractivity contribution is 5.83. The summed E-state index contributed by atoms with van der Waals surface area (Å²) in [5.74, 6) is -0.349. The van der Waals surface area contributed by atoms with Gasteiger partial charge in [0, 0.05) is 12.3 Å².